The van der Waals surface area contributed by atoms with Gasteiger partial charge in [0.15, 0.2) is 5.16 Å². The number of hydrogen-bond donors (Lipinski definition) is 1. The van der Waals surface area contributed by atoms with Gasteiger partial charge in [-0.25, -0.2) is 4.98 Å². The number of amides is 1. The number of carbonyl (C=O) groups excluding carboxylic acids is 1. The minimum atomic E-state index is -0.107. The van der Waals surface area contributed by atoms with E-state index < -0.39 is 0 Å². The van der Waals surface area contributed by atoms with Gasteiger partial charge in [0.05, 0.1) is 12.8 Å². The fourth-order valence-corrected chi connectivity index (χ4v) is 2.96. The Balaban J connectivity index is 1.54. The summed E-state index contributed by atoms with van der Waals surface area (Å²) in [5.41, 5.74) is 1.79. The molecular formula is C17H17N3O2S. The number of rotatable bonds is 6. The maximum absolute atomic E-state index is 12.1. The third kappa shape index (κ3) is 4.04. The number of furan rings is 1. The molecule has 1 N–H and O–H groups in total. The average Bonchev–Trinajstić information content (AvgIpc) is 3.23. The molecule has 3 rings (SSSR count). The molecule has 2 heterocycles. The van der Waals surface area contributed by atoms with Crippen molar-refractivity contribution >= 4 is 17.7 Å². The zero-order valence-electron chi connectivity index (χ0n) is 12.7. The number of aromatic nitrogens is 2. The standard InChI is InChI=1S/C17H17N3O2S/c1-20-9-8-18-17(20)23-12-13-4-6-14(7-5-13)16(21)19-11-15-3-2-10-22-15/h2-10H,11-12H2,1H3,(H,19,21). The van der Waals surface area contributed by atoms with Crippen molar-refractivity contribution < 1.29 is 9.21 Å². The summed E-state index contributed by atoms with van der Waals surface area (Å²) >= 11 is 1.67. The molecule has 1 aromatic carbocycles. The van der Waals surface area contributed by atoms with Crippen molar-refractivity contribution in [1.82, 2.24) is 14.9 Å². The molecule has 2 aromatic heterocycles. The summed E-state index contributed by atoms with van der Waals surface area (Å²) in [6.45, 7) is 0.391. The van der Waals surface area contributed by atoms with Crippen LogP contribution in [0.25, 0.3) is 0 Å². The van der Waals surface area contributed by atoms with Crippen molar-refractivity contribution in [3.63, 3.8) is 0 Å². The van der Waals surface area contributed by atoms with E-state index in [0.717, 1.165) is 22.2 Å². The maximum Gasteiger partial charge on any atom is 0.251 e. The highest BCUT2D eigenvalue weighted by Gasteiger charge is 2.07. The van der Waals surface area contributed by atoms with Crippen LogP contribution in [-0.4, -0.2) is 15.5 Å². The fraction of sp³-hybridized carbons (Fsp3) is 0.176. The predicted octanol–water partition coefficient (Wildman–Crippen LogP) is 3.24. The number of thioether (sulfide) groups is 1. The van der Waals surface area contributed by atoms with Crippen LogP contribution in [0.2, 0.25) is 0 Å². The Morgan fingerprint density at radius 2 is 2.13 bits per heavy atom. The molecule has 0 atom stereocenters. The largest absolute Gasteiger partial charge is 0.467 e. The van der Waals surface area contributed by atoms with Crippen LogP contribution in [0.1, 0.15) is 21.7 Å². The summed E-state index contributed by atoms with van der Waals surface area (Å²) in [5.74, 6) is 1.45. The van der Waals surface area contributed by atoms with E-state index >= 15 is 0 Å². The highest BCUT2D eigenvalue weighted by molar-refractivity contribution is 7.98. The lowest BCUT2D eigenvalue weighted by Gasteiger charge is -2.05. The van der Waals surface area contributed by atoms with Crippen molar-refractivity contribution in [3.05, 3.63) is 71.9 Å². The topological polar surface area (TPSA) is 60.1 Å². The molecule has 0 aliphatic rings. The van der Waals surface area contributed by atoms with Gasteiger partial charge in [0.25, 0.3) is 5.91 Å². The summed E-state index contributed by atoms with van der Waals surface area (Å²) in [6.07, 6.45) is 5.30. The first-order valence-corrected chi connectivity index (χ1v) is 8.20. The highest BCUT2D eigenvalue weighted by Crippen LogP contribution is 2.20. The van der Waals surface area contributed by atoms with Gasteiger partial charge < -0.3 is 14.3 Å². The molecular weight excluding hydrogens is 310 g/mol. The summed E-state index contributed by atoms with van der Waals surface area (Å²) < 4.78 is 7.18. The third-order valence-electron chi connectivity index (χ3n) is 3.36. The number of carbonyl (C=O) groups is 1. The lowest BCUT2D eigenvalue weighted by atomic mass is 10.1. The van der Waals surface area contributed by atoms with Crippen molar-refractivity contribution in [2.45, 2.75) is 17.5 Å². The maximum atomic E-state index is 12.1. The number of nitrogens with zero attached hydrogens (tertiary/aromatic N) is 2. The molecule has 3 aromatic rings. The van der Waals surface area contributed by atoms with Crippen molar-refractivity contribution in [2.75, 3.05) is 0 Å². The molecule has 0 bridgehead atoms. The Hall–Kier alpha value is -2.47. The van der Waals surface area contributed by atoms with Gasteiger partial charge in [-0.15, -0.1) is 0 Å². The number of aryl methyl sites for hydroxylation is 1. The Kier molecular flexibility index (Phi) is 4.83. The van der Waals surface area contributed by atoms with E-state index in [9.17, 15) is 4.79 Å². The van der Waals surface area contributed by atoms with Crippen LogP contribution in [0, 0.1) is 0 Å². The van der Waals surface area contributed by atoms with E-state index in [1.165, 1.54) is 0 Å². The summed E-state index contributed by atoms with van der Waals surface area (Å²) in [7, 11) is 1.97. The molecule has 0 radical (unpaired) electrons. The van der Waals surface area contributed by atoms with Crippen molar-refractivity contribution in [3.8, 4) is 0 Å². The number of imidazole rings is 1. The van der Waals surface area contributed by atoms with E-state index in [1.54, 1.807) is 30.3 Å². The number of benzene rings is 1. The van der Waals surface area contributed by atoms with Crippen molar-refractivity contribution in [1.29, 1.82) is 0 Å². The van der Waals surface area contributed by atoms with Crippen LogP contribution in [0.3, 0.4) is 0 Å². The lowest BCUT2D eigenvalue weighted by molar-refractivity contribution is 0.0948. The second-order valence-electron chi connectivity index (χ2n) is 5.07. The molecule has 6 heteroatoms. The third-order valence-corrected chi connectivity index (χ3v) is 4.49. The molecule has 1 amide bonds. The molecule has 0 fully saturated rings. The van der Waals surface area contributed by atoms with E-state index in [0.29, 0.717) is 12.1 Å². The number of hydrogen-bond acceptors (Lipinski definition) is 4. The smallest absolute Gasteiger partial charge is 0.251 e. The monoisotopic (exact) mass is 327 g/mol. The lowest BCUT2D eigenvalue weighted by Crippen LogP contribution is -2.22. The molecule has 23 heavy (non-hydrogen) atoms. The Labute approximate surface area is 138 Å². The van der Waals surface area contributed by atoms with Crippen LogP contribution >= 0.6 is 11.8 Å². The average molecular weight is 327 g/mol. The summed E-state index contributed by atoms with van der Waals surface area (Å²) in [6, 6.07) is 11.3. The molecule has 0 saturated carbocycles. The van der Waals surface area contributed by atoms with Gasteiger partial charge in [0, 0.05) is 30.8 Å². The molecule has 5 nitrogen and oxygen atoms in total. The van der Waals surface area contributed by atoms with E-state index in [2.05, 4.69) is 10.3 Å². The molecule has 0 aliphatic heterocycles. The van der Waals surface area contributed by atoms with Crippen LogP contribution in [0.15, 0.2) is 64.6 Å². The summed E-state index contributed by atoms with van der Waals surface area (Å²) in [4.78, 5) is 16.3. The summed E-state index contributed by atoms with van der Waals surface area (Å²) in [5, 5.41) is 3.81. The molecule has 118 valence electrons. The van der Waals surface area contributed by atoms with Gasteiger partial charge in [0.1, 0.15) is 5.76 Å². The van der Waals surface area contributed by atoms with Gasteiger partial charge in [-0.3, -0.25) is 4.79 Å². The Morgan fingerprint density at radius 1 is 1.30 bits per heavy atom. The number of nitrogens with one attached hydrogen (secondary N) is 1. The quantitative estimate of drug-likeness (QED) is 0.706. The molecule has 0 aliphatic carbocycles. The molecule has 0 saturated heterocycles. The van der Waals surface area contributed by atoms with E-state index in [1.807, 2.05) is 48.1 Å². The normalized spacial score (nSPS) is 10.7. The second-order valence-corrected chi connectivity index (χ2v) is 6.01. The Bertz CT molecular complexity index is 764. The minimum Gasteiger partial charge on any atom is -0.467 e. The first-order valence-electron chi connectivity index (χ1n) is 7.22. The minimum absolute atomic E-state index is 0.107. The van der Waals surface area contributed by atoms with Crippen LogP contribution < -0.4 is 5.32 Å². The van der Waals surface area contributed by atoms with E-state index in [4.69, 9.17) is 4.42 Å². The van der Waals surface area contributed by atoms with Gasteiger partial charge in [-0.05, 0) is 29.8 Å². The van der Waals surface area contributed by atoms with Crippen LogP contribution in [0.5, 0.6) is 0 Å². The molecule has 0 unspecified atom stereocenters. The molecule has 0 spiro atoms. The first kappa shape index (κ1) is 15.4. The highest BCUT2D eigenvalue weighted by atomic mass is 32.2. The zero-order valence-corrected chi connectivity index (χ0v) is 13.5. The van der Waals surface area contributed by atoms with E-state index in [-0.39, 0.29) is 5.91 Å². The van der Waals surface area contributed by atoms with Crippen molar-refractivity contribution in [2.24, 2.45) is 7.05 Å². The van der Waals surface area contributed by atoms with Gasteiger partial charge in [0.2, 0.25) is 0 Å². The second kappa shape index (κ2) is 7.19. The van der Waals surface area contributed by atoms with Gasteiger partial charge >= 0.3 is 0 Å². The predicted molar refractivity (Wildman–Crippen MR) is 89.1 cm³/mol. The zero-order chi connectivity index (χ0) is 16.1. The van der Waals surface area contributed by atoms with Gasteiger partial charge in [-0.2, -0.15) is 0 Å². The van der Waals surface area contributed by atoms with Crippen LogP contribution in [-0.2, 0) is 19.3 Å². The SMILES string of the molecule is Cn1ccnc1SCc1ccc(C(=O)NCc2ccco2)cc1. The Morgan fingerprint density at radius 3 is 2.78 bits per heavy atom. The fourth-order valence-electron chi connectivity index (χ4n) is 2.07. The first-order chi connectivity index (χ1) is 11.2. The van der Waals surface area contributed by atoms with Crippen LogP contribution in [0.4, 0.5) is 0 Å². The van der Waals surface area contributed by atoms with Gasteiger partial charge in [-0.1, -0.05) is 23.9 Å².